The van der Waals surface area contributed by atoms with Crippen molar-refractivity contribution in [2.45, 2.75) is 0 Å². The highest BCUT2D eigenvalue weighted by Gasteiger charge is 2.08. The van der Waals surface area contributed by atoms with E-state index in [2.05, 4.69) is 24.9 Å². The van der Waals surface area contributed by atoms with Gasteiger partial charge >= 0.3 is 0 Å². The molecule has 2 aromatic carbocycles. The van der Waals surface area contributed by atoms with E-state index in [0.717, 1.165) is 0 Å². The molecule has 0 N–H and O–H groups in total. The summed E-state index contributed by atoms with van der Waals surface area (Å²) in [6.07, 6.45) is 2.88. The van der Waals surface area contributed by atoms with Crippen molar-refractivity contribution in [1.29, 1.82) is 0 Å². The fourth-order valence-electron chi connectivity index (χ4n) is 1.98. The van der Waals surface area contributed by atoms with Gasteiger partial charge in [0.15, 0.2) is 0 Å². The molecule has 3 aromatic rings. The Balaban J connectivity index is 1.73. The first-order chi connectivity index (χ1) is 13.0. The Morgan fingerprint density at radius 1 is 0.741 bits per heavy atom. The van der Waals surface area contributed by atoms with Gasteiger partial charge in [-0.15, -0.1) is 0 Å². The van der Waals surface area contributed by atoms with E-state index in [0.29, 0.717) is 11.1 Å². The lowest BCUT2D eigenvalue weighted by Gasteiger charge is -1.93. The van der Waals surface area contributed by atoms with E-state index in [1.807, 2.05) is 0 Å². The van der Waals surface area contributed by atoms with Crippen LogP contribution in [0.1, 0.15) is 11.1 Å². The summed E-state index contributed by atoms with van der Waals surface area (Å²) in [5.74, 6) is 0.234. The second kappa shape index (κ2) is 7.74. The number of aliphatic imine (C=N–C) groups is 2. The van der Waals surface area contributed by atoms with Crippen LogP contribution in [0.15, 0.2) is 63.1 Å². The Kier molecular flexibility index (Phi) is 5.03. The molecule has 0 aliphatic heterocycles. The van der Waals surface area contributed by atoms with Crippen molar-refractivity contribution in [2.24, 2.45) is 9.98 Å². The van der Waals surface area contributed by atoms with Crippen molar-refractivity contribution in [3.63, 3.8) is 0 Å². The van der Waals surface area contributed by atoms with E-state index in [-0.39, 0.29) is 23.0 Å². The monoisotopic (exact) mass is 366 g/mol. The minimum atomic E-state index is -0.493. The van der Waals surface area contributed by atoms with E-state index < -0.39 is 9.85 Å². The fraction of sp³-hybridized carbons (Fsp3) is 0. The highest BCUT2D eigenvalue weighted by Crippen LogP contribution is 2.23. The molecular weight excluding hydrogens is 356 g/mol. The van der Waals surface area contributed by atoms with Crippen molar-refractivity contribution >= 4 is 35.4 Å². The third-order valence-electron chi connectivity index (χ3n) is 3.33. The number of aromatic nitrogens is 2. The van der Waals surface area contributed by atoms with Crippen LogP contribution in [0.5, 0.6) is 0 Å². The predicted octanol–water partition coefficient (Wildman–Crippen LogP) is 3.39. The van der Waals surface area contributed by atoms with Gasteiger partial charge in [0.05, 0.1) is 9.85 Å². The average molecular weight is 366 g/mol. The summed E-state index contributed by atoms with van der Waals surface area (Å²) in [5.41, 5.74) is 1.19. The lowest BCUT2D eigenvalue weighted by Crippen LogP contribution is -1.88. The Morgan fingerprint density at radius 3 is 1.44 bits per heavy atom. The number of hydrogen-bond acceptors (Lipinski definition) is 9. The number of hydrogen-bond donors (Lipinski definition) is 0. The number of nitro groups is 2. The van der Waals surface area contributed by atoms with E-state index in [1.165, 1.54) is 61.0 Å². The summed E-state index contributed by atoms with van der Waals surface area (Å²) in [4.78, 5) is 28.5. The summed E-state index contributed by atoms with van der Waals surface area (Å²) in [7, 11) is 0. The molecule has 1 aromatic heterocycles. The fourth-order valence-corrected chi connectivity index (χ4v) is 1.98. The molecule has 0 aliphatic carbocycles. The van der Waals surface area contributed by atoms with E-state index in [9.17, 15) is 20.2 Å². The molecule has 11 heteroatoms. The second-order valence-electron chi connectivity index (χ2n) is 5.13. The Bertz CT molecular complexity index is 942. The maximum Gasteiger partial charge on any atom is 0.269 e. The van der Waals surface area contributed by atoms with Gasteiger partial charge in [0, 0.05) is 36.7 Å². The number of benzene rings is 2. The molecule has 134 valence electrons. The summed E-state index contributed by atoms with van der Waals surface area (Å²) in [5, 5.41) is 28.5. The summed E-state index contributed by atoms with van der Waals surface area (Å²) in [6, 6.07) is 11.6. The highest BCUT2D eigenvalue weighted by atomic mass is 16.6. The zero-order valence-electron chi connectivity index (χ0n) is 13.5. The Morgan fingerprint density at radius 2 is 1.11 bits per heavy atom. The standard InChI is InChI=1S/C16H10N6O5/c23-21(24)13-5-1-11(2-6-13)9-17-15-16(20-27-19-15)18-10-12-3-7-14(8-4-12)22(25)26/h1-10H. The average Bonchev–Trinajstić information content (AvgIpc) is 3.12. The molecule has 0 bridgehead atoms. The first kappa shape index (κ1) is 17.5. The molecular formula is C16H10N6O5. The van der Waals surface area contributed by atoms with Crippen LogP contribution in [-0.2, 0) is 0 Å². The molecule has 0 atom stereocenters. The summed E-state index contributed by atoms with van der Waals surface area (Å²) < 4.78 is 4.62. The first-order valence-electron chi connectivity index (χ1n) is 7.42. The quantitative estimate of drug-likeness (QED) is 0.368. The molecule has 0 saturated heterocycles. The van der Waals surface area contributed by atoms with E-state index in [4.69, 9.17) is 0 Å². The van der Waals surface area contributed by atoms with Crippen LogP contribution in [-0.4, -0.2) is 32.6 Å². The van der Waals surface area contributed by atoms with Crippen molar-refractivity contribution < 1.29 is 14.5 Å². The molecule has 0 fully saturated rings. The van der Waals surface area contributed by atoms with Gasteiger partial charge in [0.2, 0.25) is 11.6 Å². The lowest BCUT2D eigenvalue weighted by molar-refractivity contribution is -0.385. The van der Waals surface area contributed by atoms with Crippen molar-refractivity contribution in [2.75, 3.05) is 0 Å². The van der Waals surface area contributed by atoms with E-state index >= 15 is 0 Å². The van der Waals surface area contributed by atoms with Crippen LogP contribution in [0.4, 0.5) is 23.0 Å². The number of nitrogens with zero attached hydrogens (tertiary/aromatic N) is 6. The Hall–Kier alpha value is -4.28. The van der Waals surface area contributed by atoms with Crippen LogP contribution in [0.25, 0.3) is 0 Å². The maximum absolute atomic E-state index is 10.6. The zero-order valence-corrected chi connectivity index (χ0v) is 13.5. The number of nitro benzene ring substituents is 2. The van der Waals surface area contributed by atoms with Crippen molar-refractivity contribution in [3.05, 3.63) is 79.9 Å². The molecule has 3 rings (SSSR count). The molecule has 11 nitrogen and oxygen atoms in total. The van der Waals surface area contributed by atoms with Crippen molar-refractivity contribution in [1.82, 2.24) is 10.3 Å². The first-order valence-corrected chi connectivity index (χ1v) is 7.42. The van der Waals surface area contributed by atoms with Gasteiger partial charge in [0.1, 0.15) is 0 Å². The zero-order chi connectivity index (χ0) is 19.2. The van der Waals surface area contributed by atoms with Crippen LogP contribution in [0, 0.1) is 20.2 Å². The maximum atomic E-state index is 10.6. The van der Waals surface area contributed by atoms with Gasteiger partial charge in [-0.3, -0.25) is 20.2 Å². The van der Waals surface area contributed by atoms with Gasteiger partial charge in [-0.05, 0) is 45.7 Å². The van der Waals surface area contributed by atoms with E-state index in [1.54, 1.807) is 0 Å². The number of rotatable bonds is 6. The second-order valence-corrected chi connectivity index (χ2v) is 5.13. The molecule has 0 aliphatic rings. The summed E-state index contributed by atoms with van der Waals surface area (Å²) >= 11 is 0. The molecule has 0 radical (unpaired) electrons. The van der Waals surface area contributed by atoms with Gasteiger partial charge in [-0.25, -0.2) is 14.6 Å². The molecule has 0 amide bonds. The minimum Gasteiger partial charge on any atom is -0.258 e. The third kappa shape index (κ3) is 4.42. The smallest absolute Gasteiger partial charge is 0.258 e. The van der Waals surface area contributed by atoms with Gasteiger partial charge in [-0.1, -0.05) is 0 Å². The molecule has 1 heterocycles. The normalized spacial score (nSPS) is 11.3. The van der Waals surface area contributed by atoms with Crippen LogP contribution < -0.4 is 0 Å². The minimum absolute atomic E-state index is 0.0244. The SMILES string of the molecule is O=[N+]([O-])c1ccc(C=Nc2nonc2N=Cc2ccc([N+](=O)[O-])cc2)cc1. The molecule has 0 unspecified atom stereocenters. The highest BCUT2D eigenvalue weighted by molar-refractivity contribution is 5.85. The molecule has 0 saturated carbocycles. The van der Waals surface area contributed by atoms with Gasteiger partial charge < -0.3 is 0 Å². The molecule has 27 heavy (non-hydrogen) atoms. The van der Waals surface area contributed by atoms with Gasteiger partial charge in [0.25, 0.3) is 11.4 Å². The summed E-state index contributed by atoms with van der Waals surface area (Å²) in [6.45, 7) is 0. The largest absolute Gasteiger partial charge is 0.269 e. The van der Waals surface area contributed by atoms with Crippen LogP contribution >= 0.6 is 0 Å². The van der Waals surface area contributed by atoms with Crippen molar-refractivity contribution in [3.8, 4) is 0 Å². The predicted molar refractivity (Wildman–Crippen MR) is 95.0 cm³/mol. The van der Waals surface area contributed by atoms with Crippen LogP contribution in [0.2, 0.25) is 0 Å². The lowest BCUT2D eigenvalue weighted by atomic mass is 10.2. The topological polar surface area (TPSA) is 150 Å². The Labute approximate surface area is 151 Å². The number of non-ortho nitro benzene ring substituents is 2. The van der Waals surface area contributed by atoms with Crippen LogP contribution in [0.3, 0.4) is 0 Å². The van der Waals surface area contributed by atoms with Gasteiger partial charge in [-0.2, -0.15) is 0 Å². The third-order valence-corrected chi connectivity index (χ3v) is 3.33. The molecule has 0 spiro atoms.